The van der Waals surface area contributed by atoms with Crippen LogP contribution in [-0.2, 0) is 13.1 Å². The number of rotatable bonds is 7. The van der Waals surface area contributed by atoms with Crippen molar-refractivity contribution in [2.24, 2.45) is 0 Å². The van der Waals surface area contributed by atoms with Crippen molar-refractivity contribution in [1.82, 2.24) is 15.1 Å². The number of aryl methyl sites for hydroxylation is 1. The Morgan fingerprint density at radius 2 is 1.79 bits per heavy atom. The molecule has 3 aromatic rings. The molecular formula is C21H21F2N3OS. The quantitative estimate of drug-likeness (QED) is 0.579. The molecular weight excluding hydrogens is 380 g/mol. The van der Waals surface area contributed by atoms with E-state index in [9.17, 15) is 13.6 Å². The summed E-state index contributed by atoms with van der Waals surface area (Å²) in [4.78, 5) is 12.8. The van der Waals surface area contributed by atoms with Gasteiger partial charge in [-0.3, -0.25) is 9.48 Å². The third-order valence-electron chi connectivity index (χ3n) is 4.48. The van der Waals surface area contributed by atoms with Crippen LogP contribution in [0.25, 0.3) is 0 Å². The monoisotopic (exact) mass is 401 g/mol. The average molecular weight is 401 g/mol. The summed E-state index contributed by atoms with van der Waals surface area (Å²) >= 11 is 0.376. The van der Waals surface area contributed by atoms with Gasteiger partial charge in [-0.15, -0.1) is 0 Å². The predicted molar refractivity (Wildman–Crippen MR) is 107 cm³/mol. The maximum absolute atomic E-state index is 12.7. The van der Waals surface area contributed by atoms with E-state index < -0.39 is 5.76 Å². The lowest BCUT2D eigenvalue weighted by molar-refractivity contribution is 0.0948. The first-order valence-electron chi connectivity index (χ1n) is 8.84. The number of carbonyl (C=O) groups is 1. The van der Waals surface area contributed by atoms with E-state index in [-0.39, 0.29) is 16.4 Å². The highest BCUT2D eigenvalue weighted by molar-refractivity contribution is 7.99. The summed E-state index contributed by atoms with van der Waals surface area (Å²) in [6, 6.07) is 16.4. The minimum absolute atomic E-state index is 0.250. The summed E-state index contributed by atoms with van der Waals surface area (Å²) in [6.07, 6.45) is 0. The van der Waals surface area contributed by atoms with E-state index in [0.29, 0.717) is 24.9 Å². The molecule has 0 aliphatic heterocycles. The summed E-state index contributed by atoms with van der Waals surface area (Å²) in [5.41, 5.74) is 4.13. The number of hydrogen-bond donors (Lipinski definition) is 1. The SMILES string of the molecule is Cc1nn(Cc2ccccc2)c(C)c1CNC(=O)c1ccccc1SC(F)F. The smallest absolute Gasteiger partial charge is 0.288 e. The largest absolute Gasteiger partial charge is 0.348 e. The Bertz CT molecular complexity index is 958. The Kier molecular flexibility index (Phi) is 6.46. The third-order valence-corrected chi connectivity index (χ3v) is 5.27. The number of nitrogens with one attached hydrogen (secondary N) is 1. The molecule has 146 valence electrons. The molecule has 0 aliphatic carbocycles. The second-order valence-corrected chi connectivity index (χ2v) is 7.38. The lowest BCUT2D eigenvalue weighted by atomic mass is 10.1. The first-order valence-corrected chi connectivity index (χ1v) is 9.72. The molecule has 0 atom stereocenters. The summed E-state index contributed by atoms with van der Waals surface area (Å²) in [7, 11) is 0. The van der Waals surface area contributed by atoms with Gasteiger partial charge in [0, 0.05) is 22.7 Å². The van der Waals surface area contributed by atoms with Crippen LogP contribution in [-0.4, -0.2) is 21.4 Å². The van der Waals surface area contributed by atoms with Crippen LogP contribution >= 0.6 is 11.8 Å². The minimum atomic E-state index is -2.57. The number of nitrogens with zero attached hydrogens (tertiary/aromatic N) is 2. The van der Waals surface area contributed by atoms with Crippen LogP contribution in [0.4, 0.5) is 8.78 Å². The molecule has 0 fully saturated rings. The number of hydrogen-bond acceptors (Lipinski definition) is 3. The fourth-order valence-corrected chi connectivity index (χ4v) is 3.65. The van der Waals surface area contributed by atoms with Gasteiger partial charge in [0.1, 0.15) is 0 Å². The molecule has 28 heavy (non-hydrogen) atoms. The fraction of sp³-hybridized carbons (Fsp3) is 0.238. The van der Waals surface area contributed by atoms with Gasteiger partial charge < -0.3 is 5.32 Å². The Balaban J connectivity index is 1.72. The summed E-state index contributed by atoms with van der Waals surface area (Å²) < 4.78 is 27.4. The zero-order valence-electron chi connectivity index (χ0n) is 15.7. The Labute approximate surface area is 167 Å². The van der Waals surface area contributed by atoms with Gasteiger partial charge in [-0.05, 0) is 31.5 Å². The number of carbonyl (C=O) groups excluding carboxylic acids is 1. The number of benzene rings is 2. The van der Waals surface area contributed by atoms with E-state index in [4.69, 9.17) is 0 Å². The van der Waals surface area contributed by atoms with Crippen LogP contribution in [0.5, 0.6) is 0 Å². The highest BCUT2D eigenvalue weighted by Crippen LogP contribution is 2.28. The van der Waals surface area contributed by atoms with E-state index in [1.54, 1.807) is 18.2 Å². The molecule has 3 rings (SSSR count). The highest BCUT2D eigenvalue weighted by atomic mass is 32.2. The van der Waals surface area contributed by atoms with Crippen molar-refractivity contribution in [2.75, 3.05) is 0 Å². The lowest BCUT2D eigenvalue weighted by Gasteiger charge is -2.10. The molecule has 1 amide bonds. The zero-order chi connectivity index (χ0) is 20.1. The molecule has 0 aliphatic rings. The van der Waals surface area contributed by atoms with Crippen LogP contribution in [0, 0.1) is 13.8 Å². The van der Waals surface area contributed by atoms with Crippen molar-refractivity contribution >= 4 is 17.7 Å². The van der Waals surface area contributed by atoms with E-state index in [2.05, 4.69) is 10.4 Å². The Hall–Kier alpha value is -2.67. The molecule has 0 saturated heterocycles. The molecule has 7 heteroatoms. The maximum Gasteiger partial charge on any atom is 0.288 e. The first kappa shape index (κ1) is 20.1. The number of halogens is 2. The molecule has 0 saturated carbocycles. The minimum Gasteiger partial charge on any atom is -0.348 e. The second-order valence-electron chi connectivity index (χ2n) is 6.35. The third kappa shape index (κ3) is 4.78. The molecule has 1 heterocycles. The topological polar surface area (TPSA) is 46.9 Å². The first-order chi connectivity index (χ1) is 13.5. The van der Waals surface area contributed by atoms with Crippen molar-refractivity contribution in [3.05, 3.63) is 82.7 Å². The van der Waals surface area contributed by atoms with E-state index in [0.717, 1.165) is 22.5 Å². The molecule has 1 N–H and O–H groups in total. The van der Waals surface area contributed by atoms with Crippen molar-refractivity contribution in [2.45, 2.75) is 37.6 Å². The molecule has 0 bridgehead atoms. The number of alkyl halides is 2. The average Bonchev–Trinajstić information content (AvgIpc) is 2.93. The lowest BCUT2D eigenvalue weighted by Crippen LogP contribution is -2.24. The predicted octanol–water partition coefficient (Wildman–Crippen LogP) is 4.79. The maximum atomic E-state index is 12.7. The second kappa shape index (κ2) is 9.01. The highest BCUT2D eigenvalue weighted by Gasteiger charge is 2.17. The van der Waals surface area contributed by atoms with Crippen molar-refractivity contribution < 1.29 is 13.6 Å². The number of thioether (sulfide) groups is 1. The van der Waals surface area contributed by atoms with E-state index in [1.165, 1.54) is 6.07 Å². The molecule has 1 aromatic heterocycles. The van der Waals surface area contributed by atoms with E-state index in [1.807, 2.05) is 48.9 Å². The van der Waals surface area contributed by atoms with E-state index >= 15 is 0 Å². The van der Waals surface area contributed by atoms with Gasteiger partial charge in [0.25, 0.3) is 11.7 Å². The summed E-state index contributed by atoms with van der Waals surface area (Å²) in [5, 5.41) is 7.41. The van der Waals surface area contributed by atoms with Gasteiger partial charge in [-0.1, -0.05) is 54.2 Å². The summed E-state index contributed by atoms with van der Waals surface area (Å²) in [5.74, 6) is -2.95. The molecule has 2 aromatic carbocycles. The Morgan fingerprint density at radius 3 is 2.50 bits per heavy atom. The number of amides is 1. The Morgan fingerprint density at radius 1 is 1.11 bits per heavy atom. The van der Waals surface area contributed by atoms with Crippen LogP contribution in [0.3, 0.4) is 0 Å². The molecule has 0 radical (unpaired) electrons. The number of aromatic nitrogens is 2. The van der Waals surface area contributed by atoms with Crippen molar-refractivity contribution in [1.29, 1.82) is 0 Å². The van der Waals surface area contributed by atoms with Gasteiger partial charge >= 0.3 is 0 Å². The van der Waals surface area contributed by atoms with Crippen molar-refractivity contribution in [3.8, 4) is 0 Å². The molecule has 0 unspecified atom stereocenters. The van der Waals surface area contributed by atoms with Gasteiger partial charge in [-0.2, -0.15) is 13.9 Å². The van der Waals surface area contributed by atoms with Crippen LogP contribution in [0.1, 0.15) is 32.9 Å². The zero-order valence-corrected chi connectivity index (χ0v) is 16.5. The molecule has 0 spiro atoms. The van der Waals surface area contributed by atoms with Gasteiger partial charge in [0.2, 0.25) is 0 Å². The van der Waals surface area contributed by atoms with Gasteiger partial charge in [0.05, 0.1) is 17.8 Å². The normalized spacial score (nSPS) is 11.0. The molecule has 4 nitrogen and oxygen atoms in total. The van der Waals surface area contributed by atoms with Crippen molar-refractivity contribution in [3.63, 3.8) is 0 Å². The van der Waals surface area contributed by atoms with Crippen LogP contribution in [0.15, 0.2) is 59.5 Å². The van der Waals surface area contributed by atoms with Gasteiger partial charge in [-0.25, -0.2) is 0 Å². The van der Waals surface area contributed by atoms with Gasteiger partial charge in [0.15, 0.2) is 0 Å². The van der Waals surface area contributed by atoms with Crippen LogP contribution in [0.2, 0.25) is 0 Å². The fourth-order valence-electron chi connectivity index (χ4n) is 3.02. The standard InChI is InChI=1S/C21H21F2N3OS/c1-14-18(15(2)26(25-14)13-16-8-4-3-5-9-16)12-24-20(27)17-10-6-7-11-19(17)28-21(22)23/h3-11,21H,12-13H2,1-2H3,(H,24,27). The summed E-state index contributed by atoms with van der Waals surface area (Å²) in [6.45, 7) is 4.80. The van der Waals surface area contributed by atoms with Crippen LogP contribution < -0.4 is 5.32 Å².